The maximum atomic E-state index is 5.53. The molecule has 1 aliphatic heterocycles. The minimum absolute atomic E-state index is 0.310. The first-order chi connectivity index (χ1) is 15.2. The Labute approximate surface area is 184 Å². The highest BCUT2D eigenvalue weighted by atomic mass is 16.7. The first kappa shape index (κ1) is 21.1. The van der Waals surface area contributed by atoms with E-state index in [2.05, 4.69) is 59.5 Å². The Morgan fingerprint density at radius 1 is 0.710 bits per heavy atom. The predicted octanol–water partition coefficient (Wildman–Crippen LogP) is 4.72. The van der Waals surface area contributed by atoms with Gasteiger partial charge in [0.15, 0.2) is 23.0 Å². The summed E-state index contributed by atoms with van der Waals surface area (Å²) >= 11 is 0. The maximum absolute atomic E-state index is 5.53. The molecule has 0 aliphatic carbocycles. The molecule has 1 aliphatic rings. The van der Waals surface area contributed by atoms with Crippen molar-refractivity contribution in [2.45, 2.75) is 19.4 Å². The van der Waals surface area contributed by atoms with E-state index in [0.717, 1.165) is 55.5 Å². The molecule has 0 saturated carbocycles. The quantitative estimate of drug-likeness (QED) is 0.476. The van der Waals surface area contributed by atoms with Gasteiger partial charge in [0.25, 0.3) is 0 Å². The molecule has 0 radical (unpaired) electrons. The molecule has 0 atom stereocenters. The third-order valence-electron chi connectivity index (χ3n) is 5.57. The van der Waals surface area contributed by atoms with E-state index in [1.807, 2.05) is 12.1 Å². The van der Waals surface area contributed by atoms with Gasteiger partial charge < -0.3 is 18.9 Å². The molecular weight excluding hydrogens is 390 g/mol. The minimum atomic E-state index is 0.310. The topological polar surface area (TPSA) is 40.2 Å². The molecule has 162 valence electrons. The van der Waals surface area contributed by atoms with E-state index in [0.29, 0.717) is 6.79 Å². The first-order valence-electron chi connectivity index (χ1n) is 10.6. The minimum Gasteiger partial charge on any atom is -0.493 e. The molecule has 0 bridgehead atoms. The van der Waals surface area contributed by atoms with Crippen LogP contribution in [-0.2, 0) is 19.4 Å². The monoisotopic (exact) mass is 419 g/mol. The van der Waals surface area contributed by atoms with Crippen LogP contribution in [0.25, 0.3) is 0 Å². The van der Waals surface area contributed by atoms with Crippen LogP contribution in [0.2, 0.25) is 0 Å². The van der Waals surface area contributed by atoms with E-state index < -0.39 is 0 Å². The fourth-order valence-electron chi connectivity index (χ4n) is 3.82. The van der Waals surface area contributed by atoms with Gasteiger partial charge in [0, 0.05) is 19.6 Å². The van der Waals surface area contributed by atoms with E-state index >= 15 is 0 Å². The van der Waals surface area contributed by atoms with Gasteiger partial charge in [-0.25, -0.2) is 0 Å². The molecule has 0 unspecified atom stereocenters. The molecule has 0 saturated heterocycles. The summed E-state index contributed by atoms with van der Waals surface area (Å²) in [4.78, 5) is 2.50. The van der Waals surface area contributed by atoms with Crippen LogP contribution in [-0.4, -0.2) is 39.0 Å². The van der Waals surface area contributed by atoms with E-state index in [1.54, 1.807) is 14.2 Å². The number of fused-ring (bicyclic) bond motifs is 1. The molecule has 5 nitrogen and oxygen atoms in total. The van der Waals surface area contributed by atoms with Gasteiger partial charge in [-0.1, -0.05) is 42.5 Å². The SMILES string of the molecule is COc1ccc(CCN(CCc2ccc3c(c2)OCO3)Cc2ccccc2)cc1OC. The Hall–Kier alpha value is -3.18. The molecule has 3 aromatic rings. The number of ether oxygens (including phenoxy) is 4. The molecule has 31 heavy (non-hydrogen) atoms. The molecule has 0 aromatic heterocycles. The van der Waals surface area contributed by atoms with Gasteiger partial charge in [0.2, 0.25) is 6.79 Å². The van der Waals surface area contributed by atoms with Crippen LogP contribution in [0.5, 0.6) is 23.0 Å². The second-order valence-electron chi connectivity index (χ2n) is 7.64. The fraction of sp³-hybridized carbons (Fsp3) is 0.308. The molecule has 0 amide bonds. The van der Waals surface area contributed by atoms with Crippen LogP contribution < -0.4 is 18.9 Å². The number of rotatable bonds is 10. The van der Waals surface area contributed by atoms with Crippen molar-refractivity contribution in [3.63, 3.8) is 0 Å². The van der Waals surface area contributed by atoms with Crippen LogP contribution in [0.15, 0.2) is 66.7 Å². The smallest absolute Gasteiger partial charge is 0.231 e. The third kappa shape index (κ3) is 5.50. The van der Waals surface area contributed by atoms with E-state index in [-0.39, 0.29) is 0 Å². The number of hydrogen-bond donors (Lipinski definition) is 0. The van der Waals surface area contributed by atoms with Crippen molar-refractivity contribution in [1.29, 1.82) is 0 Å². The summed E-state index contributed by atoms with van der Waals surface area (Å²) < 4.78 is 21.8. The molecular formula is C26H29NO4. The molecule has 4 rings (SSSR count). The Morgan fingerprint density at radius 2 is 1.39 bits per heavy atom. The highest BCUT2D eigenvalue weighted by Crippen LogP contribution is 2.32. The van der Waals surface area contributed by atoms with Gasteiger partial charge in [-0.2, -0.15) is 0 Å². The summed E-state index contributed by atoms with van der Waals surface area (Å²) in [6, 6.07) is 23.0. The third-order valence-corrected chi connectivity index (χ3v) is 5.57. The average Bonchev–Trinajstić information content (AvgIpc) is 3.29. The fourth-order valence-corrected chi connectivity index (χ4v) is 3.82. The standard InChI is InChI=1S/C26H29NO4/c1-28-23-10-8-20(16-25(23)29-2)12-14-27(18-22-6-4-3-5-7-22)15-13-21-9-11-24-26(17-21)31-19-30-24/h3-11,16-17H,12-15,18-19H2,1-2H3. The zero-order chi connectivity index (χ0) is 21.5. The summed E-state index contributed by atoms with van der Waals surface area (Å²) in [5, 5.41) is 0. The normalized spacial score (nSPS) is 12.2. The lowest BCUT2D eigenvalue weighted by atomic mass is 10.1. The van der Waals surface area contributed by atoms with Gasteiger partial charge in [0.05, 0.1) is 14.2 Å². The Morgan fingerprint density at radius 3 is 2.13 bits per heavy atom. The van der Waals surface area contributed by atoms with Crippen molar-refractivity contribution in [2.75, 3.05) is 34.1 Å². The van der Waals surface area contributed by atoms with Crippen LogP contribution >= 0.6 is 0 Å². The van der Waals surface area contributed by atoms with Gasteiger partial charge in [-0.05, 0) is 53.8 Å². The number of nitrogens with zero attached hydrogens (tertiary/aromatic N) is 1. The molecule has 0 N–H and O–H groups in total. The van der Waals surface area contributed by atoms with Gasteiger partial charge in [-0.15, -0.1) is 0 Å². The zero-order valence-corrected chi connectivity index (χ0v) is 18.2. The highest BCUT2D eigenvalue weighted by molar-refractivity contribution is 5.44. The average molecular weight is 420 g/mol. The van der Waals surface area contributed by atoms with Crippen molar-refractivity contribution < 1.29 is 18.9 Å². The Kier molecular flexibility index (Phi) is 6.95. The molecule has 3 aromatic carbocycles. The Balaban J connectivity index is 1.42. The van der Waals surface area contributed by atoms with E-state index in [1.165, 1.54) is 16.7 Å². The predicted molar refractivity (Wildman–Crippen MR) is 121 cm³/mol. The van der Waals surface area contributed by atoms with Crippen LogP contribution in [0.4, 0.5) is 0 Å². The zero-order valence-electron chi connectivity index (χ0n) is 18.2. The Bertz CT molecular complexity index is 990. The molecule has 0 fully saturated rings. The number of benzene rings is 3. The maximum Gasteiger partial charge on any atom is 0.231 e. The highest BCUT2D eigenvalue weighted by Gasteiger charge is 2.14. The van der Waals surface area contributed by atoms with Gasteiger partial charge in [0.1, 0.15) is 0 Å². The number of methoxy groups -OCH3 is 2. The van der Waals surface area contributed by atoms with Crippen LogP contribution in [0.1, 0.15) is 16.7 Å². The summed E-state index contributed by atoms with van der Waals surface area (Å²) in [6.45, 7) is 3.14. The summed E-state index contributed by atoms with van der Waals surface area (Å²) in [5.41, 5.74) is 3.81. The van der Waals surface area contributed by atoms with E-state index in [9.17, 15) is 0 Å². The van der Waals surface area contributed by atoms with Crippen LogP contribution in [0, 0.1) is 0 Å². The lowest BCUT2D eigenvalue weighted by molar-refractivity contribution is 0.174. The van der Waals surface area contributed by atoms with Gasteiger partial charge in [-0.3, -0.25) is 4.90 Å². The molecule has 5 heteroatoms. The molecule has 1 heterocycles. The molecule has 0 spiro atoms. The van der Waals surface area contributed by atoms with Crippen molar-refractivity contribution in [3.05, 3.63) is 83.4 Å². The number of hydrogen-bond acceptors (Lipinski definition) is 5. The van der Waals surface area contributed by atoms with Crippen LogP contribution in [0.3, 0.4) is 0 Å². The van der Waals surface area contributed by atoms with Crippen molar-refractivity contribution in [2.24, 2.45) is 0 Å². The van der Waals surface area contributed by atoms with Crippen molar-refractivity contribution in [3.8, 4) is 23.0 Å². The second-order valence-corrected chi connectivity index (χ2v) is 7.64. The van der Waals surface area contributed by atoms with Crippen molar-refractivity contribution >= 4 is 0 Å². The second kappa shape index (κ2) is 10.2. The largest absolute Gasteiger partial charge is 0.493 e. The summed E-state index contributed by atoms with van der Waals surface area (Å²) in [5.74, 6) is 3.21. The van der Waals surface area contributed by atoms with Crippen molar-refractivity contribution in [1.82, 2.24) is 4.90 Å². The first-order valence-corrected chi connectivity index (χ1v) is 10.6. The summed E-state index contributed by atoms with van der Waals surface area (Å²) in [6.07, 6.45) is 1.89. The summed E-state index contributed by atoms with van der Waals surface area (Å²) in [7, 11) is 3.34. The van der Waals surface area contributed by atoms with E-state index in [4.69, 9.17) is 18.9 Å². The lowest BCUT2D eigenvalue weighted by Gasteiger charge is -2.23. The van der Waals surface area contributed by atoms with Gasteiger partial charge >= 0.3 is 0 Å². The lowest BCUT2D eigenvalue weighted by Crippen LogP contribution is -2.28.